The molecule has 5 heterocycles. The number of aromatic amines is 1. The second kappa shape index (κ2) is 12.8. The molecule has 1 N–H and O–H groups in total. The van der Waals surface area contributed by atoms with Gasteiger partial charge in [-0.3, -0.25) is 19.5 Å². The van der Waals surface area contributed by atoms with Gasteiger partial charge in [0.25, 0.3) is 0 Å². The summed E-state index contributed by atoms with van der Waals surface area (Å²) >= 11 is 7.17. The van der Waals surface area contributed by atoms with Crippen LogP contribution in [0, 0.1) is 13.8 Å². The van der Waals surface area contributed by atoms with E-state index in [1.807, 2.05) is 24.1 Å². The van der Waals surface area contributed by atoms with E-state index in [1.165, 1.54) is 6.08 Å². The van der Waals surface area contributed by atoms with Crippen molar-refractivity contribution in [3.63, 3.8) is 0 Å². The number of H-pyrrole nitrogens is 1. The van der Waals surface area contributed by atoms with Crippen molar-refractivity contribution in [2.24, 2.45) is 0 Å². The number of hydrogen-bond donors (Lipinski definition) is 1. The van der Waals surface area contributed by atoms with Gasteiger partial charge in [0, 0.05) is 68.6 Å². The molecule has 1 amide bonds. The fourth-order valence-corrected chi connectivity index (χ4v) is 7.54. The number of halogens is 1. The van der Waals surface area contributed by atoms with Crippen molar-refractivity contribution in [2.45, 2.75) is 51.3 Å². The van der Waals surface area contributed by atoms with Crippen LogP contribution in [-0.4, -0.2) is 120 Å². The third-order valence-electron chi connectivity index (χ3n) is 9.46. The highest BCUT2D eigenvalue weighted by molar-refractivity contribution is 6.36. The maximum atomic E-state index is 12.3. The van der Waals surface area contributed by atoms with Crippen LogP contribution in [0.25, 0.3) is 22.0 Å². The smallest absolute Gasteiger partial charge is 0.245 e. The summed E-state index contributed by atoms with van der Waals surface area (Å²) in [4.78, 5) is 19.1. The number of likely N-dealkylation sites (tertiary alicyclic amines) is 1. The minimum absolute atomic E-state index is 0.0192. The number of hydrogen-bond acceptors (Lipinski definition) is 8. The van der Waals surface area contributed by atoms with Crippen LogP contribution in [0.2, 0.25) is 5.02 Å². The van der Waals surface area contributed by atoms with E-state index in [-0.39, 0.29) is 23.6 Å². The summed E-state index contributed by atoms with van der Waals surface area (Å²) in [5.74, 6) is 0.882. The SMILES string of the molecule is C=CC(=O)N1CCC(n2nc(N3CCN(C[C@@H]4COCCO4)C[C@]3(C)COC)c(-c3c(Cl)c(C)cc4[nH]ncc34)c2C)CC1. The summed E-state index contributed by atoms with van der Waals surface area (Å²) in [5, 5.41) is 14.6. The molecular formula is C32H44ClN7O4. The Bertz CT molecular complexity index is 1510. The molecular weight excluding hydrogens is 582 g/mol. The van der Waals surface area contributed by atoms with Gasteiger partial charge in [0.15, 0.2) is 5.82 Å². The van der Waals surface area contributed by atoms with Crippen LogP contribution in [-0.2, 0) is 19.0 Å². The summed E-state index contributed by atoms with van der Waals surface area (Å²) < 4.78 is 19.7. The van der Waals surface area contributed by atoms with Gasteiger partial charge < -0.3 is 24.0 Å². The Balaban J connectivity index is 1.42. The molecule has 6 rings (SSSR count). The van der Waals surface area contributed by atoms with Crippen LogP contribution >= 0.6 is 11.6 Å². The largest absolute Gasteiger partial charge is 0.382 e. The number of benzene rings is 1. The molecule has 0 aliphatic carbocycles. The highest BCUT2D eigenvalue weighted by Gasteiger charge is 2.42. The molecule has 3 aliphatic rings. The Morgan fingerprint density at radius 1 is 1.23 bits per heavy atom. The number of nitrogens with one attached hydrogen (secondary N) is 1. The number of carbonyl (C=O) groups is 1. The third kappa shape index (κ3) is 5.76. The molecule has 0 radical (unpaired) electrons. The zero-order valence-corrected chi connectivity index (χ0v) is 27.0. The first kappa shape index (κ1) is 31.0. The number of aromatic nitrogens is 4. The number of fused-ring (bicyclic) bond motifs is 1. The van der Waals surface area contributed by atoms with Gasteiger partial charge in [0.1, 0.15) is 0 Å². The van der Waals surface area contributed by atoms with Gasteiger partial charge >= 0.3 is 0 Å². The molecule has 1 aromatic carbocycles. The number of piperazine rings is 1. The van der Waals surface area contributed by atoms with Gasteiger partial charge in [0.05, 0.1) is 60.8 Å². The van der Waals surface area contributed by atoms with Crippen molar-refractivity contribution in [3.05, 3.63) is 41.2 Å². The van der Waals surface area contributed by atoms with Crippen molar-refractivity contribution >= 4 is 34.2 Å². The predicted octanol–water partition coefficient (Wildman–Crippen LogP) is 3.99. The van der Waals surface area contributed by atoms with Crippen LogP contribution < -0.4 is 4.90 Å². The number of aryl methyl sites for hydroxylation is 1. The number of rotatable bonds is 8. The average molecular weight is 626 g/mol. The standard InChI is InChI=1S/C32H44ClN7O4/c1-6-27(41)38-9-7-23(8-10-38)40-22(3)28(29-25-16-34-35-26(25)15-21(2)30(29)33)31(36-40)39-12-11-37(19-32(39,4)20-42-5)17-24-18-43-13-14-44-24/h6,15-16,23-24H,1,7-14,17-20H2,2-5H3,(H,34,35)/t24-,32-/m1/s1. The highest BCUT2D eigenvalue weighted by atomic mass is 35.5. The fourth-order valence-electron chi connectivity index (χ4n) is 7.28. The van der Waals surface area contributed by atoms with Crippen molar-refractivity contribution in [1.82, 2.24) is 29.8 Å². The average Bonchev–Trinajstić information content (AvgIpc) is 3.62. The van der Waals surface area contributed by atoms with Gasteiger partial charge in [-0.15, -0.1) is 0 Å². The highest BCUT2D eigenvalue weighted by Crippen LogP contribution is 2.46. The Hall–Kier alpha value is -2.96. The lowest BCUT2D eigenvalue weighted by Crippen LogP contribution is -2.64. The van der Waals surface area contributed by atoms with Crippen LogP contribution in [0.5, 0.6) is 0 Å². The summed E-state index contributed by atoms with van der Waals surface area (Å²) in [6, 6.07) is 2.20. The second-order valence-corrected chi connectivity index (χ2v) is 13.0. The van der Waals surface area contributed by atoms with E-state index in [2.05, 4.69) is 45.1 Å². The van der Waals surface area contributed by atoms with Gasteiger partial charge in [-0.05, 0) is 51.3 Å². The van der Waals surface area contributed by atoms with E-state index in [4.69, 9.17) is 30.9 Å². The van der Waals surface area contributed by atoms with E-state index >= 15 is 0 Å². The van der Waals surface area contributed by atoms with Crippen LogP contribution in [0.1, 0.15) is 37.1 Å². The third-order valence-corrected chi connectivity index (χ3v) is 9.94. The van der Waals surface area contributed by atoms with Gasteiger partial charge in [-0.2, -0.15) is 10.2 Å². The van der Waals surface area contributed by atoms with Crippen LogP contribution in [0.15, 0.2) is 24.9 Å². The number of anilines is 1. The number of nitrogens with zero attached hydrogens (tertiary/aromatic N) is 6. The number of ether oxygens (including phenoxy) is 3. The van der Waals surface area contributed by atoms with E-state index in [9.17, 15) is 4.79 Å². The Labute approximate surface area is 264 Å². The topological polar surface area (TPSA) is 101 Å². The number of amides is 1. The summed E-state index contributed by atoms with van der Waals surface area (Å²) in [7, 11) is 1.76. The Kier molecular flexibility index (Phi) is 9.03. The molecule has 0 saturated carbocycles. The molecule has 3 fully saturated rings. The lowest BCUT2D eigenvalue weighted by atomic mass is 9.93. The zero-order chi connectivity index (χ0) is 31.0. The molecule has 0 unspecified atom stereocenters. The molecule has 238 valence electrons. The summed E-state index contributed by atoms with van der Waals surface area (Å²) in [6.07, 6.45) is 4.95. The fraction of sp³-hybridized carbons (Fsp3) is 0.594. The molecule has 3 aromatic rings. The van der Waals surface area contributed by atoms with Gasteiger partial charge in [0.2, 0.25) is 5.91 Å². The molecule has 0 bridgehead atoms. The first-order valence-corrected chi connectivity index (χ1v) is 15.9. The Morgan fingerprint density at radius 2 is 2.02 bits per heavy atom. The van der Waals surface area contributed by atoms with Gasteiger partial charge in [-0.1, -0.05) is 18.2 Å². The molecule has 2 atom stereocenters. The first-order valence-electron chi connectivity index (χ1n) is 15.6. The van der Waals surface area contributed by atoms with Crippen LogP contribution in [0.4, 0.5) is 5.82 Å². The van der Waals surface area contributed by atoms with E-state index in [0.29, 0.717) is 44.5 Å². The molecule has 2 aromatic heterocycles. The van der Waals surface area contributed by atoms with Crippen molar-refractivity contribution < 1.29 is 19.0 Å². The molecule has 3 aliphatic heterocycles. The molecule has 44 heavy (non-hydrogen) atoms. The maximum Gasteiger partial charge on any atom is 0.245 e. The maximum absolute atomic E-state index is 12.3. The number of methoxy groups -OCH3 is 1. The lowest BCUT2D eigenvalue weighted by molar-refractivity contribution is -0.127. The quantitative estimate of drug-likeness (QED) is 0.375. The van der Waals surface area contributed by atoms with E-state index in [0.717, 1.165) is 78.1 Å². The summed E-state index contributed by atoms with van der Waals surface area (Å²) in [6.45, 7) is 17.1. The monoisotopic (exact) mass is 625 g/mol. The minimum atomic E-state index is -0.367. The second-order valence-electron chi connectivity index (χ2n) is 12.6. The van der Waals surface area contributed by atoms with E-state index < -0.39 is 0 Å². The van der Waals surface area contributed by atoms with Crippen LogP contribution in [0.3, 0.4) is 0 Å². The first-order chi connectivity index (χ1) is 21.2. The predicted molar refractivity (Wildman–Crippen MR) is 171 cm³/mol. The molecule has 3 saturated heterocycles. The summed E-state index contributed by atoms with van der Waals surface area (Å²) in [5.41, 5.74) is 4.58. The lowest BCUT2D eigenvalue weighted by Gasteiger charge is -2.50. The van der Waals surface area contributed by atoms with Crippen molar-refractivity contribution in [1.29, 1.82) is 0 Å². The zero-order valence-electron chi connectivity index (χ0n) is 26.3. The van der Waals surface area contributed by atoms with E-state index in [1.54, 1.807) is 7.11 Å². The molecule has 11 nitrogen and oxygen atoms in total. The Morgan fingerprint density at radius 3 is 2.73 bits per heavy atom. The normalized spacial score (nSPS) is 23.9. The van der Waals surface area contributed by atoms with Gasteiger partial charge in [-0.25, -0.2) is 0 Å². The number of carbonyl (C=O) groups excluding carboxylic acids is 1. The minimum Gasteiger partial charge on any atom is -0.382 e. The molecule has 12 heteroatoms. The molecule has 0 spiro atoms. The van der Waals surface area contributed by atoms with Crippen molar-refractivity contribution in [3.8, 4) is 11.1 Å². The number of piperidine rings is 1. The van der Waals surface area contributed by atoms with Crippen molar-refractivity contribution in [2.75, 3.05) is 77.7 Å².